The summed E-state index contributed by atoms with van der Waals surface area (Å²) in [6.07, 6.45) is 1.77. The maximum absolute atomic E-state index is 14.2. The highest BCUT2D eigenvalue weighted by Gasteiger charge is 2.57. The molecule has 1 amide bonds. The first-order valence-corrected chi connectivity index (χ1v) is 14.6. The minimum atomic E-state index is -0.981. The molecule has 0 N–H and O–H groups in total. The van der Waals surface area contributed by atoms with Crippen LogP contribution in [-0.4, -0.2) is 43.3 Å². The lowest BCUT2D eigenvalue weighted by molar-refractivity contribution is 0.0675. The van der Waals surface area contributed by atoms with E-state index in [-0.39, 0.29) is 5.91 Å². The van der Waals surface area contributed by atoms with E-state index in [0.29, 0.717) is 5.56 Å². The highest BCUT2D eigenvalue weighted by atomic mass is 16.5. The summed E-state index contributed by atoms with van der Waals surface area (Å²) < 4.78 is 6.74. The number of amides is 1. The van der Waals surface area contributed by atoms with Crippen LogP contribution in [0.5, 0.6) is 11.5 Å². The van der Waals surface area contributed by atoms with Gasteiger partial charge in [-0.3, -0.25) is 4.79 Å². The lowest BCUT2D eigenvalue weighted by atomic mass is 9.75. The Morgan fingerprint density at radius 3 is 1.80 bits per heavy atom. The molecular weight excluding hydrogens is 508 g/mol. The van der Waals surface area contributed by atoms with Gasteiger partial charge < -0.3 is 14.5 Å². The summed E-state index contributed by atoms with van der Waals surface area (Å²) in [5, 5.41) is 6.59. The second-order valence-corrected chi connectivity index (χ2v) is 10.3. The van der Waals surface area contributed by atoms with Gasteiger partial charge in [0.05, 0.1) is 6.21 Å². The third kappa shape index (κ3) is 4.17. The number of benzene rings is 4. The predicted octanol–water partition coefficient (Wildman–Crippen LogP) is 7.27. The standard InChI is InChI=1S/C35H36N4O2/c1-5-37(6-2)26-18-20-30-32(22-26)41-33-23-27(38(7-3)8-4)19-21-31(33)35(30)29-17-13-12-16-28(29)34(40)39(35)36-24-25-14-10-9-11-15-25/h9-24H,5-8H2,1-4H3/b36-24+. The van der Waals surface area contributed by atoms with E-state index in [4.69, 9.17) is 9.84 Å². The van der Waals surface area contributed by atoms with E-state index in [2.05, 4.69) is 80.0 Å². The normalized spacial score (nSPS) is 14.5. The molecule has 0 aliphatic carbocycles. The number of nitrogens with zero attached hydrogens (tertiary/aromatic N) is 4. The van der Waals surface area contributed by atoms with Crippen LogP contribution in [0.2, 0.25) is 0 Å². The highest BCUT2D eigenvalue weighted by Crippen LogP contribution is 2.58. The van der Waals surface area contributed by atoms with E-state index in [1.807, 2.05) is 48.5 Å². The molecule has 2 aliphatic rings. The molecule has 6 nitrogen and oxygen atoms in total. The van der Waals surface area contributed by atoms with Crippen LogP contribution in [0.4, 0.5) is 11.4 Å². The van der Waals surface area contributed by atoms with Crippen molar-refractivity contribution in [3.63, 3.8) is 0 Å². The Kier molecular flexibility index (Phi) is 7.00. The smallest absolute Gasteiger partial charge is 0.275 e. The van der Waals surface area contributed by atoms with Gasteiger partial charge in [-0.1, -0.05) is 60.7 Å². The largest absolute Gasteiger partial charge is 0.456 e. The summed E-state index contributed by atoms with van der Waals surface area (Å²) in [4.78, 5) is 18.8. The van der Waals surface area contributed by atoms with Crippen molar-refractivity contribution in [1.82, 2.24) is 5.01 Å². The van der Waals surface area contributed by atoms with Gasteiger partial charge in [0.25, 0.3) is 5.91 Å². The molecule has 0 fully saturated rings. The molecule has 0 saturated heterocycles. The van der Waals surface area contributed by atoms with Gasteiger partial charge in [0.15, 0.2) is 0 Å². The van der Waals surface area contributed by atoms with Gasteiger partial charge in [-0.15, -0.1) is 0 Å². The van der Waals surface area contributed by atoms with Gasteiger partial charge in [-0.2, -0.15) is 5.10 Å². The van der Waals surface area contributed by atoms with Crippen molar-refractivity contribution in [1.29, 1.82) is 0 Å². The van der Waals surface area contributed by atoms with Crippen LogP contribution in [0, 0.1) is 0 Å². The average Bonchev–Trinajstić information content (AvgIpc) is 3.25. The molecule has 6 rings (SSSR count). The molecule has 0 aromatic heterocycles. The van der Waals surface area contributed by atoms with Crippen molar-refractivity contribution in [2.24, 2.45) is 5.10 Å². The van der Waals surface area contributed by atoms with Gasteiger partial charge in [0.1, 0.15) is 17.0 Å². The zero-order valence-corrected chi connectivity index (χ0v) is 24.2. The van der Waals surface area contributed by atoms with Crippen molar-refractivity contribution >= 4 is 23.5 Å². The molecule has 0 bridgehead atoms. The lowest BCUT2D eigenvalue weighted by Crippen LogP contribution is -2.44. The van der Waals surface area contributed by atoms with Gasteiger partial charge in [0, 0.05) is 71.9 Å². The van der Waals surface area contributed by atoms with Gasteiger partial charge in [0.2, 0.25) is 0 Å². The Balaban J connectivity index is 1.64. The molecule has 2 heterocycles. The van der Waals surface area contributed by atoms with Crippen LogP contribution in [-0.2, 0) is 5.54 Å². The highest BCUT2D eigenvalue weighted by molar-refractivity contribution is 6.03. The quantitative estimate of drug-likeness (QED) is 0.219. The predicted molar refractivity (Wildman–Crippen MR) is 167 cm³/mol. The molecule has 41 heavy (non-hydrogen) atoms. The molecule has 2 aliphatic heterocycles. The average molecular weight is 545 g/mol. The molecule has 1 spiro atoms. The minimum absolute atomic E-state index is 0.132. The summed E-state index contributed by atoms with van der Waals surface area (Å²) in [6, 6.07) is 30.5. The molecule has 4 aromatic rings. The number of hydrazone groups is 1. The van der Waals surface area contributed by atoms with Crippen molar-refractivity contribution in [2.45, 2.75) is 33.2 Å². The maximum atomic E-state index is 14.2. The van der Waals surface area contributed by atoms with Gasteiger partial charge >= 0.3 is 0 Å². The first-order chi connectivity index (χ1) is 20.1. The Hall–Kier alpha value is -4.58. The zero-order chi connectivity index (χ0) is 28.6. The number of hydrogen-bond donors (Lipinski definition) is 0. The third-order valence-electron chi connectivity index (χ3n) is 8.37. The molecule has 0 radical (unpaired) electrons. The molecule has 0 unspecified atom stereocenters. The van der Waals surface area contributed by atoms with Crippen LogP contribution in [0.1, 0.15) is 60.3 Å². The number of carbonyl (C=O) groups is 1. The molecular formula is C35H36N4O2. The van der Waals surface area contributed by atoms with Gasteiger partial charge in [-0.25, -0.2) is 5.01 Å². The Morgan fingerprint density at radius 2 is 1.24 bits per heavy atom. The second kappa shape index (κ2) is 10.8. The number of ether oxygens (including phenoxy) is 1. The second-order valence-electron chi connectivity index (χ2n) is 10.3. The Bertz CT molecular complexity index is 1540. The minimum Gasteiger partial charge on any atom is -0.456 e. The summed E-state index contributed by atoms with van der Waals surface area (Å²) in [5.41, 5.74) is 5.48. The summed E-state index contributed by atoms with van der Waals surface area (Å²) in [6.45, 7) is 12.2. The molecule has 0 saturated carbocycles. The molecule has 208 valence electrons. The van der Waals surface area contributed by atoms with Crippen LogP contribution in [0.3, 0.4) is 0 Å². The number of hydrogen-bond acceptors (Lipinski definition) is 5. The van der Waals surface area contributed by atoms with E-state index < -0.39 is 5.54 Å². The topological polar surface area (TPSA) is 48.4 Å². The van der Waals surface area contributed by atoms with E-state index in [9.17, 15) is 4.79 Å². The first kappa shape index (κ1) is 26.6. The fourth-order valence-corrected chi connectivity index (χ4v) is 6.31. The van der Waals surface area contributed by atoms with Crippen LogP contribution in [0.15, 0.2) is 96.1 Å². The van der Waals surface area contributed by atoms with Crippen molar-refractivity contribution in [3.05, 3.63) is 119 Å². The van der Waals surface area contributed by atoms with Crippen molar-refractivity contribution in [3.8, 4) is 11.5 Å². The molecule has 4 aromatic carbocycles. The van der Waals surface area contributed by atoms with E-state index in [1.165, 1.54) is 0 Å². The number of carbonyl (C=O) groups excluding carboxylic acids is 1. The third-order valence-corrected chi connectivity index (χ3v) is 8.37. The van der Waals surface area contributed by atoms with Gasteiger partial charge in [-0.05, 0) is 51.5 Å². The monoisotopic (exact) mass is 544 g/mol. The SMILES string of the molecule is CCN(CC)c1ccc2c(c1)Oc1cc(N(CC)CC)ccc1C21c2ccccc2C(=O)N1/N=C/c1ccccc1. The van der Waals surface area contributed by atoms with Crippen molar-refractivity contribution in [2.75, 3.05) is 36.0 Å². The number of rotatable bonds is 8. The fourth-order valence-electron chi connectivity index (χ4n) is 6.31. The summed E-state index contributed by atoms with van der Waals surface area (Å²) >= 11 is 0. The summed E-state index contributed by atoms with van der Waals surface area (Å²) in [5.74, 6) is 1.35. The zero-order valence-electron chi connectivity index (χ0n) is 24.2. The maximum Gasteiger partial charge on any atom is 0.275 e. The Labute approximate surface area is 242 Å². The van der Waals surface area contributed by atoms with E-state index in [0.717, 1.165) is 71.3 Å². The van der Waals surface area contributed by atoms with Crippen LogP contribution < -0.4 is 14.5 Å². The van der Waals surface area contributed by atoms with Crippen molar-refractivity contribution < 1.29 is 9.53 Å². The lowest BCUT2D eigenvalue weighted by Gasteiger charge is -2.42. The fraction of sp³-hybridized carbons (Fsp3) is 0.257. The van der Waals surface area contributed by atoms with Crippen LogP contribution in [0.25, 0.3) is 0 Å². The van der Waals surface area contributed by atoms with E-state index >= 15 is 0 Å². The first-order valence-electron chi connectivity index (χ1n) is 14.6. The summed E-state index contributed by atoms with van der Waals surface area (Å²) in [7, 11) is 0. The van der Waals surface area contributed by atoms with E-state index in [1.54, 1.807) is 11.2 Å². The number of anilines is 2. The molecule has 0 atom stereocenters. The molecule has 6 heteroatoms. The number of fused-ring (bicyclic) bond motifs is 6. The van der Waals surface area contributed by atoms with Crippen LogP contribution >= 0.6 is 0 Å². The Morgan fingerprint density at radius 1 is 0.707 bits per heavy atom.